The molecule has 1 unspecified atom stereocenters. The minimum absolute atomic E-state index is 0.271. The first kappa shape index (κ1) is 15.7. The van der Waals surface area contributed by atoms with Crippen LogP contribution in [0.4, 0.5) is 0 Å². The minimum atomic E-state index is 0.271. The molecule has 0 radical (unpaired) electrons. The summed E-state index contributed by atoms with van der Waals surface area (Å²) in [5, 5.41) is 5.36. The van der Waals surface area contributed by atoms with E-state index in [9.17, 15) is 0 Å². The Kier molecular flexibility index (Phi) is 5.74. The van der Waals surface area contributed by atoms with Crippen LogP contribution in [0.2, 0.25) is 15.1 Å². The molecule has 20 heavy (non-hydrogen) atoms. The lowest BCUT2D eigenvalue weighted by Crippen LogP contribution is -2.19. The van der Waals surface area contributed by atoms with E-state index in [0.717, 1.165) is 29.1 Å². The van der Waals surface area contributed by atoms with Crippen LogP contribution in [0.5, 0.6) is 0 Å². The summed E-state index contributed by atoms with van der Waals surface area (Å²) in [7, 11) is 1.94. The molecule has 0 saturated heterocycles. The highest BCUT2D eigenvalue weighted by atomic mass is 35.5. The Hall–Kier alpha value is -0.730. The molecule has 0 fully saturated rings. The third kappa shape index (κ3) is 3.89. The Morgan fingerprint density at radius 1 is 1.00 bits per heavy atom. The molecule has 0 spiro atoms. The van der Waals surface area contributed by atoms with Gasteiger partial charge in [-0.25, -0.2) is 0 Å². The van der Waals surface area contributed by atoms with Gasteiger partial charge in [0.2, 0.25) is 0 Å². The van der Waals surface area contributed by atoms with E-state index in [1.807, 2.05) is 37.4 Å². The molecular weight excluding hydrogens is 313 g/mol. The first-order chi connectivity index (χ1) is 9.61. The standard InChI is InChI=1S/C16H16Cl3N/c1-20-10-12(14-4-2-3-5-15(14)18)8-11-6-7-13(17)9-16(11)19/h2-7,9,12,20H,8,10H2,1H3. The number of hydrogen-bond donors (Lipinski definition) is 1. The summed E-state index contributed by atoms with van der Waals surface area (Å²) in [6, 6.07) is 13.6. The topological polar surface area (TPSA) is 12.0 Å². The monoisotopic (exact) mass is 327 g/mol. The second-order valence-electron chi connectivity index (χ2n) is 4.72. The quantitative estimate of drug-likeness (QED) is 0.796. The molecule has 0 aromatic heterocycles. The van der Waals surface area contributed by atoms with Gasteiger partial charge in [0.05, 0.1) is 0 Å². The van der Waals surface area contributed by atoms with Crippen LogP contribution in [-0.2, 0) is 6.42 Å². The number of hydrogen-bond acceptors (Lipinski definition) is 1. The molecule has 2 aromatic rings. The molecule has 1 nitrogen and oxygen atoms in total. The van der Waals surface area contributed by atoms with E-state index >= 15 is 0 Å². The normalized spacial score (nSPS) is 12.4. The number of likely N-dealkylation sites (N-methyl/N-ethyl adjacent to an activating group) is 1. The van der Waals surface area contributed by atoms with Crippen molar-refractivity contribution >= 4 is 34.8 Å². The van der Waals surface area contributed by atoms with Crippen LogP contribution in [0.15, 0.2) is 42.5 Å². The Labute approximate surface area is 134 Å². The molecule has 1 N–H and O–H groups in total. The van der Waals surface area contributed by atoms with Gasteiger partial charge >= 0.3 is 0 Å². The zero-order chi connectivity index (χ0) is 14.5. The molecule has 0 bridgehead atoms. The zero-order valence-electron chi connectivity index (χ0n) is 11.2. The molecule has 0 aliphatic heterocycles. The molecule has 0 saturated carbocycles. The Balaban J connectivity index is 2.28. The average molecular weight is 329 g/mol. The average Bonchev–Trinajstić information content (AvgIpc) is 2.42. The van der Waals surface area contributed by atoms with Gasteiger partial charge in [-0.05, 0) is 42.8 Å². The first-order valence-corrected chi connectivity index (χ1v) is 7.58. The summed E-state index contributed by atoms with van der Waals surface area (Å²) in [5.74, 6) is 0.271. The Morgan fingerprint density at radius 2 is 1.75 bits per heavy atom. The highest BCUT2D eigenvalue weighted by Crippen LogP contribution is 2.30. The summed E-state index contributed by atoms with van der Waals surface area (Å²) in [6.45, 7) is 0.836. The van der Waals surface area contributed by atoms with Crippen molar-refractivity contribution in [2.75, 3.05) is 13.6 Å². The molecule has 106 valence electrons. The van der Waals surface area contributed by atoms with E-state index in [1.54, 1.807) is 6.07 Å². The largest absolute Gasteiger partial charge is 0.319 e. The fourth-order valence-corrected chi connectivity index (χ4v) is 3.07. The maximum Gasteiger partial charge on any atom is 0.0453 e. The lowest BCUT2D eigenvalue weighted by molar-refractivity contribution is 0.626. The van der Waals surface area contributed by atoms with Crippen LogP contribution in [0.3, 0.4) is 0 Å². The van der Waals surface area contributed by atoms with Gasteiger partial charge in [-0.3, -0.25) is 0 Å². The lowest BCUT2D eigenvalue weighted by atomic mass is 9.92. The van der Waals surface area contributed by atoms with E-state index in [4.69, 9.17) is 34.8 Å². The molecule has 0 aliphatic carbocycles. The predicted molar refractivity (Wildman–Crippen MR) is 88.3 cm³/mol. The van der Waals surface area contributed by atoms with Gasteiger partial charge in [0.15, 0.2) is 0 Å². The first-order valence-electron chi connectivity index (χ1n) is 6.44. The highest BCUT2D eigenvalue weighted by Gasteiger charge is 2.16. The van der Waals surface area contributed by atoms with Crippen LogP contribution in [-0.4, -0.2) is 13.6 Å². The minimum Gasteiger partial charge on any atom is -0.319 e. The van der Waals surface area contributed by atoms with E-state index in [0.29, 0.717) is 10.0 Å². The molecule has 4 heteroatoms. The molecule has 0 heterocycles. The molecule has 2 aromatic carbocycles. The van der Waals surface area contributed by atoms with E-state index < -0.39 is 0 Å². The summed E-state index contributed by atoms with van der Waals surface area (Å²) < 4.78 is 0. The fraction of sp³-hybridized carbons (Fsp3) is 0.250. The smallest absolute Gasteiger partial charge is 0.0453 e. The maximum absolute atomic E-state index is 6.30. The summed E-state index contributed by atoms with van der Waals surface area (Å²) in [5.41, 5.74) is 2.21. The van der Waals surface area contributed by atoms with E-state index in [1.165, 1.54) is 0 Å². The van der Waals surface area contributed by atoms with Gasteiger partial charge in [-0.1, -0.05) is 59.1 Å². The SMILES string of the molecule is CNCC(Cc1ccc(Cl)cc1Cl)c1ccccc1Cl. The van der Waals surface area contributed by atoms with Crippen molar-refractivity contribution in [2.24, 2.45) is 0 Å². The third-order valence-electron chi connectivity index (χ3n) is 3.28. The van der Waals surface area contributed by atoms with Gasteiger partial charge in [-0.15, -0.1) is 0 Å². The molecule has 2 rings (SSSR count). The molecule has 0 aliphatic rings. The van der Waals surface area contributed by atoms with Crippen molar-refractivity contribution in [1.82, 2.24) is 5.32 Å². The fourth-order valence-electron chi connectivity index (χ4n) is 2.30. The van der Waals surface area contributed by atoms with Gasteiger partial charge in [0.25, 0.3) is 0 Å². The number of nitrogens with one attached hydrogen (secondary N) is 1. The van der Waals surface area contributed by atoms with Crippen molar-refractivity contribution in [3.8, 4) is 0 Å². The highest BCUT2D eigenvalue weighted by molar-refractivity contribution is 6.35. The van der Waals surface area contributed by atoms with E-state index in [2.05, 4.69) is 11.4 Å². The molecular formula is C16H16Cl3N. The van der Waals surface area contributed by atoms with Crippen LogP contribution < -0.4 is 5.32 Å². The Morgan fingerprint density at radius 3 is 2.40 bits per heavy atom. The van der Waals surface area contributed by atoms with Crippen molar-refractivity contribution in [1.29, 1.82) is 0 Å². The van der Waals surface area contributed by atoms with Crippen LogP contribution in [0.1, 0.15) is 17.0 Å². The molecule has 0 amide bonds. The van der Waals surface area contributed by atoms with Gasteiger partial charge in [0.1, 0.15) is 0 Å². The maximum atomic E-state index is 6.30. The number of benzene rings is 2. The van der Waals surface area contributed by atoms with Gasteiger partial charge in [0, 0.05) is 27.5 Å². The van der Waals surface area contributed by atoms with Crippen LogP contribution >= 0.6 is 34.8 Å². The van der Waals surface area contributed by atoms with Crippen LogP contribution in [0.25, 0.3) is 0 Å². The molecule has 1 atom stereocenters. The van der Waals surface area contributed by atoms with Crippen LogP contribution in [0, 0.1) is 0 Å². The summed E-state index contributed by atoms with van der Waals surface area (Å²) in [4.78, 5) is 0. The lowest BCUT2D eigenvalue weighted by Gasteiger charge is -2.19. The van der Waals surface area contributed by atoms with Crippen molar-refractivity contribution in [2.45, 2.75) is 12.3 Å². The summed E-state index contributed by atoms with van der Waals surface area (Å²) >= 11 is 18.5. The summed E-state index contributed by atoms with van der Waals surface area (Å²) in [6.07, 6.45) is 0.820. The van der Waals surface area contributed by atoms with E-state index in [-0.39, 0.29) is 5.92 Å². The second-order valence-corrected chi connectivity index (χ2v) is 5.97. The van der Waals surface area contributed by atoms with Crippen molar-refractivity contribution in [3.05, 3.63) is 68.7 Å². The third-order valence-corrected chi connectivity index (χ3v) is 4.21. The Bertz CT molecular complexity index is 584. The zero-order valence-corrected chi connectivity index (χ0v) is 13.4. The van der Waals surface area contributed by atoms with Crippen molar-refractivity contribution in [3.63, 3.8) is 0 Å². The van der Waals surface area contributed by atoms with Gasteiger partial charge < -0.3 is 5.32 Å². The number of rotatable bonds is 5. The number of halogens is 3. The van der Waals surface area contributed by atoms with Gasteiger partial charge in [-0.2, -0.15) is 0 Å². The second kappa shape index (κ2) is 7.33. The van der Waals surface area contributed by atoms with Crippen molar-refractivity contribution < 1.29 is 0 Å². The predicted octanol–water partition coefficient (Wildman–Crippen LogP) is 5.19.